The highest BCUT2D eigenvalue weighted by molar-refractivity contribution is 7.92. The van der Waals surface area contributed by atoms with Gasteiger partial charge in [0.2, 0.25) is 10.0 Å². The Balaban J connectivity index is 1.59. The van der Waals surface area contributed by atoms with Gasteiger partial charge in [0.25, 0.3) is 5.91 Å². The molecule has 4 rings (SSSR count). The van der Waals surface area contributed by atoms with E-state index >= 15 is 0 Å². The van der Waals surface area contributed by atoms with Crippen LogP contribution in [0.1, 0.15) is 42.1 Å². The van der Waals surface area contributed by atoms with E-state index in [0.29, 0.717) is 6.42 Å². The van der Waals surface area contributed by atoms with E-state index in [0.717, 1.165) is 18.4 Å². The Morgan fingerprint density at radius 3 is 2.45 bits per heavy atom. The SMILES string of the molecule is Cc1c(NC(=O)c2ccc(Cl)c(S(=O)(=O)C3CC4C[C@H](C)[C@@H](C3)[C@@]4(O)CNS(C)(=O)=O)c2)ccc(F)c1F. The van der Waals surface area contributed by atoms with Crippen molar-refractivity contribution in [1.29, 1.82) is 0 Å². The lowest BCUT2D eigenvalue weighted by Crippen LogP contribution is -2.55. The summed E-state index contributed by atoms with van der Waals surface area (Å²) in [6.07, 6.45) is 1.74. The van der Waals surface area contributed by atoms with Crippen molar-refractivity contribution >= 4 is 43.1 Å². The number of sulfonamides is 1. The summed E-state index contributed by atoms with van der Waals surface area (Å²) in [5, 5.41) is 12.9. The largest absolute Gasteiger partial charge is 0.388 e. The Bertz CT molecular complexity index is 1500. The summed E-state index contributed by atoms with van der Waals surface area (Å²) in [6.45, 7) is 3.01. The number of rotatable bonds is 7. The van der Waals surface area contributed by atoms with Crippen molar-refractivity contribution in [3.05, 3.63) is 58.1 Å². The van der Waals surface area contributed by atoms with Crippen LogP contribution < -0.4 is 10.0 Å². The second kappa shape index (κ2) is 10.1. The van der Waals surface area contributed by atoms with Crippen LogP contribution in [0.3, 0.4) is 0 Å². The fourth-order valence-electron chi connectivity index (χ4n) is 5.85. The molecule has 0 aliphatic heterocycles. The van der Waals surface area contributed by atoms with E-state index in [1.165, 1.54) is 25.1 Å². The normalized spacial score (nSPS) is 27.3. The zero-order valence-electron chi connectivity index (χ0n) is 21.0. The van der Waals surface area contributed by atoms with Gasteiger partial charge in [0, 0.05) is 23.4 Å². The number of hydrogen-bond acceptors (Lipinski definition) is 6. The number of anilines is 1. The molecule has 3 N–H and O–H groups in total. The maximum atomic E-state index is 13.9. The summed E-state index contributed by atoms with van der Waals surface area (Å²) in [4.78, 5) is 12.6. The maximum absolute atomic E-state index is 13.9. The first-order valence-electron chi connectivity index (χ1n) is 12.0. The molecule has 8 nitrogen and oxygen atoms in total. The highest BCUT2D eigenvalue weighted by atomic mass is 35.5. The van der Waals surface area contributed by atoms with Crippen molar-refractivity contribution in [2.24, 2.45) is 17.8 Å². The standard InChI is InChI=1S/C25H29ClF2N2O6S2/c1-13-8-16-10-17(11-18(13)25(16,32)12-29-37(3,33)34)38(35,36)22-9-15(4-5-19(22)26)24(31)30-21-7-6-20(27)23(28)14(21)2/h4-7,9,13,16-18,29,32H,8,10-12H2,1-3H3,(H,30,31)/t13-,16?,17?,18+,25+/m0/s1. The lowest BCUT2D eigenvalue weighted by molar-refractivity contribution is -0.0576. The molecule has 2 aromatic carbocycles. The average molecular weight is 591 g/mol. The van der Waals surface area contributed by atoms with Crippen molar-refractivity contribution in [3.8, 4) is 0 Å². The molecular weight excluding hydrogens is 562 g/mol. The van der Waals surface area contributed by atoms with Gasteiger partial charge in [-0.1, -0.05) is 18.5 Å². The van der Waals surface area contributed by atoms with E-state index in [4.69, 9.17) is 11.6 Å². The van der Waals surface area contributed by atoms with E-state index in [-0.39, 0.29) is 52.0 Å². The molecule has 0 heterocycles. The van der Waals surface area contributed by atoms with Gasteiger partial charge in [-0.05, 0) is 74.3 Å². The topological polar surface area (TPSA) is 130 Å². The number of halogens is 3. The number of fused-ring (bicyclic) bond motifs is 2. The van der Waals surface area contributed by atoms with Gasteiger partial charge in [-0.15, -0.1) is 0 Å². The van der Waals surface area contributed by atoms with Crippen LogP contribution in [-0.2, 0) is 19.9 Å². The molecule has 5 atom stereocenters. The minimum Gasteiger partial charge on any atom is -0.388 e. The van der Waals surface area contributed by atoms with Crippen LogP contribution in [0.4, 0.5) is 14.5 Å². The summed E-state index contributed by atoms with van der Waals surface area (Å²) in [5.41, 5.74) is -1.49. The first-order valence-corrected chi connectivity index (χ1v) is 15.8. The number of amides is 1. The third kappa shape index (κ3) is 5.33. The van der Waals surface area contributed by atoms with Crippen LogP contribution in [0.2, 0.25) is 5.02 Å². The molecular formula is C25H29ClF2N2O6S2. The molecule has 2 aliphatic carbocycles. The van der Waals surface area contributed by atoms with E-state index in [2.05, 4.69) is 10.0 Å². The Morgan fingerprint density at radius 1 is 1.13 bits per heavy atom. The van der Waals surface area contributed by atoms with Crippen molar-refractivity contribution in [2.75, 3.05) is 18.1 Å². The molecule has 1 amide bonds. The van der Waals surface area contributed by atoms with Crippen LogP contribution in [0.5, 0.6) is 0 Å². The van der Waals surface area contributed by atoms with Gasteiger partial charge in [-0.3, -0.25) is 4.79 Å². The molecule has 13 heteroatoms. The van der Waals surface area contributed by atoms with Crippen LogP contribution >= 0.6 is 11.6 Å². The molecule has 2 fully saturated rings. The van der Waals surface area contributed by atoms with Crippen molar-refractivity contribution < 1.29 is 35.5 Å². The fourth-order valence-corrected chi connectivity index (χ4v) is 8.72. The molecule has 2 aromatic rings. The molecule has 0 spiro atoms. The molecule has 0 radical (unpaired) electrons. The number of benzene rings is 2. The zero-order chi connectivity index (χ0) is 28.2. The molecule has 0 aromatic heterocycles. The Kier molecular flexibility index (Phi) is 7.69. The van der Waals surface area contributed by atoms with Crippen LogP contribution in [-0.4, -0.2) is 51.5 Å². The fraction of sp³-hybridized carbons (Fsp3) is 0.480. The minimum absolute atomic E-state index is 0.0292. The molecule has 208 valence electrons. The highest BCUT2D eigenvalue weighted by Gasteiger charge is 2.58. The van der Waals surface area contributed by atoms with Gasteiger partial charge in [-0.2, -0.15) is 0 Å². The van der Waals surface area contributed by atoms with Gasteiger partial charge >= 0.3 is 0 Å². The van der Waals surface area contributed by atoms with E-state index in [9.17, 15) is 35.5 Å². The van der Waals surface area contributed by atoms with E-state index in [1.54, 1.807) is 0 Å². The van der Waals surface area contributed by atoms with Gasteiger partial charge in [0.05, 0.1) is 27.0 Å². The lowest BCUT2D eigenvalue weighted by Gasteiger charge is -2.43. The van der Waals surface area contributed by atoms with Gasteiger partial charge in [-0.25, -0.2) is 30.3 Å². The van der Waals surface area contributed by atoms with Crippen LogP contribution in [0.25, 0.3) is 0 Å². The van der Waals surface area contributed by atoms with E-state index in [1.807, 2.05) is 6.92 Å². The average Bonchev–Trinajstić information content (AvgIpc) is 2.95. The number of aliphatic hydroxyl groups is 1. The number of sulfone groups is 1. The summed E-state index contributed by atoms with van der Waals surface area (Å²) in [7, 11) is -7.61. The Hall–Kier alpha value is -2.12. The third-order valence-corrected chi connectivity index (χ3v) is 11.2. The molecule has 2 aliphatic rings. The molecule has 0 saturated heterocycles. The van der Waals surface area contributed by atoms with Gasteiger partial charge in [0.1, 0.15) is 0 Å². The molecule has 38 heavy (non-hydrogen) atoms. The number of carbonyl (C=O) groups excluding carboxylic acids is 1. The minimum atomic E-state index is -4.06. The number of carbonyl (C=O) groups is 1. The Labute approximate surface area is 225 Å². The number of nitrogens with one attached hydrogen (secondary N) is 2. The van der Waals surface area contributed by atoms with Crippen molar-refractivity contribution in [1.82, 2.24) is 4.72 Å². The second-order valence-corrected chi connectivity index (χ2v) is 14.8. The second-order valence-electron chi connectivity index (χ2n) is 10.4. The number of hydrogen-bond donors (Lipinski definition) is 3. The monoisotopic (exact) mass is 590 g/mol. The summed E-state index contributed by atoms with van der Waals surface area (Å²) in [6, 6.07) is 5.85. The van der Waals surface area contributed by atoms with E-state index < -0.39 is 60.1 Å². The quantitative estimate of drug-likeness (QED) is 0.451. The molecule has 2 unspecified atom stereocenters. The summed E-state index contributed by atoms with van der Waals surface area (Å²) >= 11 is 6.27. The third-order valence-electron chi connectivity index (χ3n) is 7.90. The lowest BCUT2D eigenvalue weighted by atomic mass is 9.73. The summed E-state index contributed by atoms with van der Waals surface area (Å²) < 4.78 is 80.4. The predicted molar refractivity (Wildman–Crippen MR) is 139 cm³/mol. The van der Waals surface area contributed by atoms with Crippen LogP contribution in [0, 0.1) is 36.3 Å². The van der Waals surface area contributed by atoms with Crippen molar-refractivity contribution in [3.63, 3.8) is 0 Å². The Morgan fingerprint density at radius 2 is 1.82 bits per heavy atom. The van der Waals surface area contributed by atoms with Gasteiger partial charge < -0.3 is 10.4 Å². The first-order chi connectivity index (χ1) is 17.5. The predicted octanol–water partition coefficient (Wildman–Crippen LogP) is 3.67. The van der Waals surface area contributed by atoms with Gasteiger partial charge in [0.15, 0.2) is 21.5 Å². The molecule has 2 saturated carbocycles. The maximum Gasteiger partial charge on any atom is 0.255 e. The first kappa shape index (κ1) is 28.9. The zero-order valence-corrected chi connectivity index (χ0v) is 23.4. The molecule has 2 bridgehead atoms. The smallest absolute Gasteiger partial charge is 0.255 e. The van der Waals surface area contributed by atoms with Crippen LogP contribution in [0.15, 0.2) is 35.2 Å². The highest BCUT2D eigenvalue weighted by Crippen LogP contribution is 2.54. The van der Waals surface area contributed by atoms with Crippen molar-refractivity contribution in [2.45, 2.75) is 48.9 Å². The summed E-state index contributed by atoms with van der Waals surface area (Å²) in [5.74, 6) is -3.84.